The number of nitrogens with one attached hydrogen (secondary N) is 2. The summed E-state index contributed by atoms with van der Waals surface area (Å²) in [4.78, 5) is 12.1. The average Bonchev–Trinajstić information content (AvgIpc) is 2.80. The normalized spacial score (nSPS) is 10.4. The number of aryl methyl sites for hydroxylation is 2. The molecule has 0 fully saturated rings. The molecule has 0 unspecified atom stereocenters. The van der Waals surface area contributed by atoms with E-state index in [2.05, 4.69) is 31.4 Å². The Kier molecular flexibility index (Phi) is 3.81. The third kappa shape index (κ3) is 2.79. The number of aromatic nitrogens is 2. The van der Waals surface area contributed by atoms with Gasteiger partial charge in [0.15, 0.2) is 5.82 Å². The summed E-state index contributed by atoms with van der Waals surface area (Å²) in [5, 5.41) is 9.68. The number of carbonyl (C=O) groups excluding carboxylic acids is 1. The van der Waals surface area contributed by atoms with Crippen molar-refractivity contribution >= 4 is 27.7 Å². The highest BCUT2D eigenvalue weighted by Crippen LogP contribution is 2.17. The van der Waals surface area contributed by atoms with E-state index >= 15 is 0 Å². The fourth-order valence-electron chi connectivity index (χ4n) is 1.63. The topological polar surface area (TPSA) is 57.8 Å². The first-order valence-corrected chi connectivity index (χ1v) is 6.51. The molecule has 2 N–H and O–H groups in total. The molecule has 0 saturated carbocycles. The highest BCUT2D eigenvalue weighted by molar-refractivity contribution is 9.10. The second-order valence-electron chi connectivity index (χ2n) is 4.05. The van der Waals surface area contributed by atoms with Crippen molar-refractivity contribution in [1.29, 1.82) is 0 Å². The van der Waals surface area contributed by atoms with Crippen molar-refractivity contribution < 1.29 is 4.79 Å². The van der Waals surface area contributed by atoms with E-state index in [-0.39, 0.29) is 5.91 Å². The van der Waals surface area contributed by atoms with Gasteiger partial charge in [0.1, 0.15) is 0 Å². The Hall–Kier alpha value is -1.62. The van der Waals surface area contributed by atoms with Crippen molar-refractivity contribution in [1.82, 2.24) is 10.2 Å². The van der Waals surface area contributed by atoms with Crippen LogP contribution in [0.15, 0.2) is 28.7 Å². The molecule has 18 heavy (non-hydrogen) atoms. The maximum atomic E-state index is 12.1. The van der Waals surface area contributed by atoms with Crippen LogP contribution < -0.4 is 5.32 Å². The zero-order chi connectivity index (χ0) is 13.1. The van der Waals surface area contributed by atoms with Crippen LogP contribution in [-0.2, 0) is 6.42 Å². The molecule has 2 aromatic rings. The van der Waals surface area contributed by atoms with E-state index in [0.29, 0.717) is 11.4 Å². The monoisotopic (exact) mass is 307 g/mol. The van der Waals surface area contributed by atoms with Crippen LogP contribution in [0.25, 0.3) is 0 Å². The Balaban J connectivity index is 2.19. The van der Waals surface area contributed by atoms with Gasteiger partial charge in [-0.15, -0.1) is 0 Å². The number of anilines is 1. The number of aromatic amines is 1. The van der Waals surface area contributed by atoms with Gasteiger partial charge in [0.05, 0.1) is 0 Å². The number of amides is 1. The highest BCUT2D eigenvalue weighted by atomic mass is 79.9. The average molecular weight is 308 g/mol. The Morgan fingerprint density at radius 1 is 1.44 bits per heavy atom. The van der Waals surface area contributed by atoms with Crippen molar-refractivity contribution in [2.45, 2.75) is 20.3 Å². The van der Waals surface area contributed by atoms with Gasteiger partial charge >= 0.3 is 0 Å². The van der Waals surface area contributed by atoms with E-state index < -0.39 is 0 Å². The molecule has 1 aromatic heterocycles. The number of hydrogen-bond donors (Lipinski definition) is 2. The lowest BCUT2D eigenvalue weighted by molar-refractivity contribution is 0.102. The number of rotatable bonds is 3. The van der Waals surface area contributed by atoms with Crippen LogP contribution in [-0.4, -0.2) is 16.1 Å². The van der Waals surface area contributed by atoms with E-state index in [1.165, 1.54) is 0 Å². The minimum atomic E-state index is -0.150. The fraction of sp³-hybridized carbons (Fsp3) is 0.231. The number of hydrogen-bond acceptors (Lipinski definition) is 2. The SMILES string of the molecule is CCc1cc(NC(=O)c2cc(Br)ccc2C)n[nH]1. The zero-order valence-electron chi connectivity index (χ0n) is 10.2. The van der Waals surface area contributed by atoms with Gasteiger partial charge in [-0.1, -0.05) is 28.9 Å². The van der Waals surface area contributed by atoms with Gasteiger partial charge < -0.3 is 5.32 Å². The molecule has 94 valence electrons. The fourth-order valence-corrected chi connectivity index (χ4v) is 1.99. The van der Waals surface area contributed by atoms with Crippen LogP contribution in [0, 0.1) is 6.92 Å². The van der Waals surface area contributed by atoms with E-state index in [4.69, 9.17) is 0 Å². The summed E-state index contributed by atoms with van der Waals surface area (Å²) in [5.41, 5.74) is 2.57. The first-order chi connectivity index (χ1) is 8.60. The molecule has 0 bridgehead atoms. The minimum Gasteiger partial charge on any atom is -0.305 e. The maximum Gasteiger partial charge on any atom is 0.257 e. The molecule has 1 aromatic carbocycles. The molecule has 4 nitrogen and oxygen atoms in total. The summed E-state index contributed by atoms with van der Waals surface area (Å²) in [7, 11) is 0. The lowest BCUT2D eigenvalue weighted by atomic mass is 10.1. The maximum absolute atomic E-state index is 12.1. The molecule has 5 heteroatoms. The van der Waals surface area contributed by atoms with Crippen molar-refractivity contribution in [3.8, 4) is 0 Å². The highest BCUT2D eigenvalue weighted by Gasteiger charge is 2.11. The lowest BCUT2D eigenvalue weighted by Gasteiger charge is -2.05. The van der Waals surface area contributed by atoms with E-state index in [1.54, 1.807) is 6.07 Å². The van der Waals surface area contributed by atoms with Crippen molar-refractivity contribution in [2.75, 3.05) is 5.32 Å². The molecule has 2 rings (SSSR count). The third-order valence-electron chi connectivity index (χ3n) is 2.70. The molecule has 0 atom stereocenters. The molecule has 0 radical (unpaired) electrons. The Labute approximate surface area is 114 Å². The van der Waals surface area contributed by atoms with E-state index in [0.717, 1.165) is 22.2 Å². The van der Waals surface area contributed by atoms with Crippen LogP contribution in [0.1, 0.15) is 28.5 Å². The molecular weight excluding hydrogens is 294 g/mol. The zero-order valence-corrected chi connectivity index (χ0v) is 11.8. The summed E-state index contributed by atoms with van der Waals surface area (Å²) in [6.07, 6.45) is 0.860. The molecule has 0 aliphatic rings. The number of benzene rings is 1. The first-order valence-electron chi connectivity index (χ1n) is 5.72. The standard InChI is InChI=1S/C13H14BrN3O/c1-3-10-7-12(17-16-10)15-13(18)11-6-9(14)5-4-8(11)2/h4-7H,3H2,1-2H3,(H2,15,16,17,18). The number of nitrogens with zero attached hydrogens (tertiary/aromatic N) is 1. The van der Waals surface area contributed by atoms with Crippen molar-refractivity contribution in [3.63, 3.8) is 0 Å². The number of H-pyrrole nitrogens is 1. The molecule has 1 heterocycles. The van der Waals surface area contributed by atoms with E-state index in [9.17, 15) is 4.79 Å². The van der Waals surface area contributed by atoms with Crippen LogP contribution in [0.2, 0.25) is 0 Å². The predicted molar refractivity (Wildman–Crippen MR) is 74.8 cm³/mol. The summed E-state index contributed by atoms with van der Waals surface area (Å²) in [6.45, 7) is 3.93. The smallest absolute Gasteiger partial charge is 0.257 e. The van der Waals surface area contributed by atoms with Crippen LogP contribution in [0.3, 0.4) is 0 Å². The van der Waals surface area contributed by atoms with Gasteiger partial charge in [-0.25, -0.2) is 0 Å². The van der Waals surface area contributed by atoms with Gasteiger partial charge in [0, 0.05) is 21.8 Å². The van der Waals surface area contributed by atoms with Crippen molar-refractivity contribution in [3.05, 3.63) is 45.6 Å². The molecule has 0 aliphatic heterocycles. The van der Waals surface area contributed by atoms with Crippen LogP contribution >= 0.6 is 15.9 Å². The Bertz CT molecular complexity index is 577. The van der Waals surface area contributed by atoms with Gasteiger partial charge in [-0.05, 0) is 31.0 Å². The summed E-state index contributed by atoms with van der Waals surface area (Å²) < 4.78 is 0.884. The Morgan fingerprint density at radius 3 is 2.89 bits per heavy atom. The van der Waals surface area contributed by atoms with Crippen LogP contribution in [0.5, 0.6) is 0 Å². The second kappa shape index (κ2) is 5.35. The molecule has 0 saturated heterocycles. The molecule has 0 aliphatic carbocycles. The lowest BCUT2D eigenvalue weighted by Crippen LogP contribution is -2.13. The molecule has 1 amide bonds. The van der Waals surface area contributed by atoms with Gasteiger partial charge in [-0.3, -0.25) is 9.89 Å². The van der Waals surface area contributed by atoms with Crippen molar-refractivity contribution in [2.24, 2.45) is 0 Å². The summed E-state index contributed by atoms with van der Waals surface area (Å²) >= 11 is 3.36. The van der Waals surface area contributed by atoms with Gasteiger partial charge in [0.2, 0.25) is 0 Å². The second-order valence-corrected chi connectivity index (χ2v) is 4.96. The minimum absolute atomic E-state index is 0.150. The summed E-state index contributed by atoms with van der Waals surface area (Å²) in [6, 6.07) is 7.46. The first kappa shape index (κ1) is 12.8. The quantitative estimate of drug-likeness (QED) is 0.914. The predicted octanol–water partition coefficient (Wildman–Crippen LogP) is 3.30. The van der Waals surface area contributed by atoms with E-state index in [1.807, 2.05) is 32.0 Å². The third-order valence-corrected chi connectivity index (χ3v) is 3.19. The van der Waals surface area contributed by atoms with Crippen LogP contribution in [0.4, 0.5) is 5.82 Å². The largest absolute Gasteiger partial charge is 0.305 e. The number of carbonyl (C=O) groups is 1. The molecule has 0 spiro atoms. The molecular formula is C13H14BrN3O. The number of halogens is 1. The van der Waals surface area contributed by atoms with Gasteiger partial charge in [0.25, 0.3) is 5.91 Å². The summed E-state index contributed by atoms with van der Waals surface area (Å²) in [5.74, 6) is 0.402. The Morgan fingerprint density at radius 2 is 2.22 bits per heavy atom. The van der Waals surface area contributed by atoms with Gasteiger partial charge in [-0.2, -0.15) is 5.10 Å².